The van der Waals surface area contributed by atoms with Gasteiger partial charge in [0, 0.05) is 24.2 Å². The van der Waals surface area contributed by atoms with Crippen molar-refractivity contribution in [3.05, 3.63) is 34.1 Å². The van der Waals surface area contributed by atoms with E-state index in [1.807, 2.05) is 6.92 Å². The average Bonchev–Trinajstić information content (AvgIpc) is 2.47. The van der Waals surface area contributed by atoms with Gasteiger partial charge in [0.25, 0.3) is 5.91 Å². The van der Waals surface area contributed by atoms with Crippen molar-refractivity contribution in [3.8, 4) is 0 Å². The summed E-state index contributed by atoms with van der Waals surface area (Å²) in [6, 6.07) is 4.46. The van der Waals surface area contributed by atoms with E-state index < -0.39 is 5.82 Å². The SMILES string of the molecule is CCOCC1CCCN(C(=O)c2cc(Br)ccc2F)C1. The molecule has 1 heterocycles. The molecule has 0 radical (unpaired) electrons. The molecule has 0 saturated carbocycles. The van der Waals surface area contributed by atoms with Crippen LogP contribution in [0.3, 0.4) is 0 Å². The molecule has 5 heteroatoms. The van der Waals surface area contributed by atoms with E-state index in [2.05, 4.69) is 15.9 Å². The van der Waals surface area contributed by atoms with Crippen LogP contribution in [0.15, 0.2) is 22.7 Å². The maximum Gasteiger partial charge on any atom is 0.256 e. The highest BCUT2D eigenvalue weighted by atomic mass is 79.9. The van der Waals surface area contributed by atoms with E-state index in [9.17, 15) is 9.18 Å². The first-order valence-corrected chi connectivity index (χ1v) is 7.73. The Morgan fingerprint density at radius 2 is 2.35 bits per heavy atom. The summed E-state index contributed by atoms with van der Waals surface area (Å²) >= 11 is 3.28. The number of likely N-dealkylation sites (tertiary alicyclic amines) is 1. The fourth-order valence-electron chi connectivity index (χ4n) is 2.50. The maximum atomic E-state index is 13.8. The third kappa shape index (κ3) is 3.79. The summed E-state index contributed by atoms with van der Waals surface area (Å²) in [5.41, 5.74) is 0.136. The van der Waals surface area contributed by atoms with Crippen LogP contribution in [0.2, 0.25) is 0 Å². The first-order chi connectivity index (χ1) is 9.61. The molecule has 1 atom stereocenters. The number of amides is 1. The van der Waals surface area contributed by atoms with Gasteiger partial charge in [-0.05, 0) is 43.9 Å². The third-order valence-corrected chi connectivity index (χ3v) is 4.02. The van der Waals surface area contributed by atoms with Crippen LogP contribution in [0.5, 0.6) is 0 Å². The van der Waals surface area contributed by atoms with Crippen molar-refractivity contribution < 1.29 is 13.9 Å². The zero-order valence-corrected chi connectivity index (χ0v) is 13.2. The van der Waals surface area contributed by atoms with Crippen LogP contribution in [-0.4, -0.2) is 37.1 Å². The smallest absolute Gasteiger partial charge is 0.256 e. The quantitative estimate of drug-likeness (QED) is 0.837. The summed E-state index contributed by atoms with van der Waals surface area (Å²) in [4.78, 5) is 14.2. The van der Waals surface area contributed by atoms with E-state index in [1.165, 1.54) is 6.07 Å². The molecule has 1 fully saturated rings. The predicted molar refractivity (Wildman–Crippen MR) is 79.2 cm³/mol. The number of hydrogen-bond donors (Lipinski definition) is 0. The first kappa shape index (κ1) is 15.4. The molecule has 0 spiro atoms. The summed E-state index contributed by atoms with van der Waals surface area (Å²) in [7, 11) is 0. The summed E-state index contributed by atoms with van der Waals surface area (Å²) < 4.78 is 19.9. The van der Waals surface area contributed by atoms with Crippen molar-refractivity contribution in [3.63, 3.8) is 0 Å². The Hall–Kier alpha value is -0.940. The molecule has 0 N–H and O–H groups in total. The molecule has 1 aliphatic rings. The Labute approximate surface area is 127 Å². The lowest BCUT2D eigenvalue weighted by Crippen LogP contribution is -2.41. The molecule has 0 bridgehead atoms. The summed E-state index contributed by atoms with van der Waals surface area (Å²) in [6.45, 7) is 4.65. The Kier molecular flexibility index (Phi) is 5.54. The maximum absolute atomic E-state index is 13.8. The second kappa shape index (κ2) is 7.18. The van der Waals surface area contributed by atoms with Gasteiger partial charge in [-0.3, -0.25) is 4.79 Å². The van der Waals surface area contributed by atoms with Gasteiger partial charge in [-0.2, -0.15) is 0 Å². The van der Waals surface area contributed by atoms with Crippen LogP contribution in [0.4, 0.5) is 4.39 Å². The molecule has 1 amide bonds. The van der Waals surface area contributed by atoms with Gasteiger partial charge >= 0.3 is 0 Å². The van der Waals surface area contributed by atoms with Crippen LogP contribution in [0, 0.1) is 11.7 Å². The lowest BCUT2D eigenvalue weighted by molar-refractivity contribution is 0.0497. The molecule has 1 aromatic carbocycles. The monoisotopic (exact) mass is 343 g/mol. The van der Waals surface area contributed by atoms with E-state index >= 15 is 0 Å². The lowest BCUT2D eigenvalue weighted by atomic mass is 9.98. The van der Waals surface area contributed by atoms with Gasteiger partial charge in [0.2, 0.25) is 0 Å². The summed E-state index contributed by atoms with van der Waals surface area (Å²) in [5, 5.41) is 0. The fraction of sp³-hybridized carbons (Fsp3) is 0.533. The Balaban J connectivity index is 2.06. The number of halogens is 2. The second-order valence-electron chi connectivity index (χ2n) is 5.04. The number of rotatable bonds is 4. The van der Waals surface area contributed by atoms with Gasteiger partial charge in [-0.25, -0.2) is 4.39 Å². The highest BCUT2D eigenvalue weighted by Crippen LogP contribution is 2.22. The van der Waals surface area contributed by atoms with Crippen molar-refractivity contribution in [2.24, 2.45) is 5.92 Å². The summed E-state index contributed by atoms with van der Waals surface area (Å²) in [5.74, 6) is -0.349. The minimum Gasteiger partial charge on any atom is -0.381 e. The fourth-order valence-corrected chi connectivity index (χ4v) is 2.86. The van der Waals surface area contributed by atoms with Crippen LogP contribution in [0.1, 0.15) is 30.1 Å². The van der Waals surface area contributed by atoms with Gasteiger partial charge < -0.3 is 9.64 Å². The first-order valence-electron chi connectivity index (χ1n) is 6.94. The molecular weight excluding hydrogens is 325 g/mol. The predicted octanol–water partition coefficient (Wildman–Crippen LogP) is 3.48. The molecular formula is C15H19BrFNO2. The van der Waals surface area contributed by atoms with Crippen molar-refractivity contribution >= 4 is 21.8 Å². The lowest BCUT2D eigenvalue weighted by Gasteiger charge is -2.32. The van der Waals surface area contributed by atoms with Gasteiger partial charge in [0.1, 0.15) is 5.82 Å². The Morgan fingerprint density at radius 1 is 1.55 bits per heavy atom. The molecule has 0 aromatic heterocycles. The number of hydrogen-bond acceptors (Lipinski definition) is 2. The molecule has 1 aromatic rings. The van der Waals surface area contributed by atoms with Crippen LogP contribution in [-0.2, 0) is 4.74 Å². The summed E-state index contributed by atoms with van der Waals surface area (Å²) in [6.07, 6.45) is 2.00. The normalized spacial score (nSPS) is 19.1. The number of piperidine rings is 1. The van der Waals surface area contributed by atoms with E-state index in [0.29, 0.717) is 36.7 Å². The van der Waals surface area contributed by atoms with Crippen molar-refractivity contribution in [1.29, 1.82) is 0 Å². The second-order valence-corrected chi connectivity index (χ2v) is 5.96. The number of carbonyl (C=O) groups is 1. The number of benzene rings is 1. The van der Waals surface area contributed by atoms with Crippen LogP contribution < -0.4 is 0 Å². The highest BCUT2D eigenvalue weighted by Gasteiger charge is 2.26. The molecule has 1 saturated heterocycles. The van der Waals surface area contributed by atoms with E-state index in [1.54, 1.807) is 17.0 Å². The van der Waals surface area contributed by atoms with Crippen molar-refractivity contribution in [2.45, 2.75) is 19.8 Å². The molecule has 1 aliphatic heterocycles. The van der Waals surface area contributed by atoms with E-state index in [4.69, 9.17) is 4.74 Å². The van der Waals surface area contributed by atoms with Gasteiger partial charge in [-0.15, -0.1) is 0 Å². The van der Waals surface area contributed by atoms with Crippen LogP contribution >= 0.6 is 15.9 Å². The van der Waals surface area contributed by atoms with Gasteiger partial charge in [-0.1, -0.05) is 15.9 Å². The number of ether oxygens (including phenoxy) is 1. The zero-order chi connectivity index (χ0) is 14.5. The Morgan fingerprint density at radius 3 is 3.10 bits per heavy atom. The Bertz CT molecular complexity index is 481. The van der Waals surface area contributed by atoms with Crippen LogP contribution in [0.25, 0.3) is 0 Å². The average molecular weight is 344 g/mol. The molecule has 2 rings (SSSR count). The van der Waals surface area contributed by atoms with Gasteiger partial charge in [0.05, 0.1) is 12.2 Å². The van der Waals surface area contributed by atoms with Gasteiger partial charge in [0.15, 0.2) is 0 Å². The molecule has 3 nitrogen and oxygen atoms in total. The topological polar surface area (TPSA) is 29.5 Å². The molecule has 0 aliphatic carbocycles. The largest absolute Gasteiger partial charge is 0.381 e. The number of nitrogens with zero attached hydrogens (tertiary/aromatic N) is 1. The zero-order valence-electron chi connectivity index (χ0n) is 11.6. The van der Waals surface area contributed by atoms with Crippen molar-refractivity contribution in [1.82, 2.24) is 4.90 Å². The molecule has 110 valence electrons. The highest BCUT2D eigenvalue weighted by molar-refractivity contribution is 9.10. The van der Waals surface area contributed by atoms with Crippen molar-refractivity contribution in [2.75, 3.05) is 26.3 Å². The van der Waals surface area contributed by atoms with E-state index in [0.717, 1.165) is 12.8 Å². The third-order valence-electron chi connectivity index (χ3n) is 3.52. The standard InChI is InChI=1S/C15H19BrFNO2/c1-2-20-10-11-4-3-7-18(9-11)15(19)13-8-12(16)5-6-14(13)17/h5-6,8,11H,2-4,7,9-10H2,1H3. The minimum atomic E-state index is -0.467. The van der Waals surface area contributed by atoms with E-state index in [-0.39, 0.29) is 11.5 Å². The minimum absolute atomic E-state index is 0.136. The number of carbonyl (C=O) groups excluding carboxylic acids is 1. The molecule has 1 unspecified atom stereocenters. The molecule has 20 heavy (non-hydrogen) atoms.